The lowest BCUT2D eigenvalue weighted by Crippen LogP contribution is -2.01. The van der Waals surface area contributed by atoms with Gasteiger partial charge < -0.3 is 0 Å². The van der Waals surface area contributed by atoms with Crippen LogP contribution in [0.25, 0.3) is 0 Å². The van der Waals surface area contributed by atoms with Gasteiger partial charge in [0.05, 0.1) is 16.3 Å². The molecule has 0 bridgehead atoms. The summed E-state index contributed by atoms with van der Waals surface area (Å²) in [5.41, 5.74) is 0.918. The Morgan fingerprint density at radius 1 is 1.00 bits per heavy atom. The second-order valence-electron chi connectivity index (χ2n) is 5.69. The molecule has 4 nitrogen and oxygen atoms in total. The van der Waals surface area contributed by atoms with Crippen LogP contribution >= 0.6 is 23.2 Å². The fraction of sp³-hybridized carbons (Fsp3) is 0.400. The SMILES string of the molecule is Clc1ccc(/C=N/n2c(C3CC3)nnc2C2CC2)cc1Cl. The van der Waals surface area contributed by atoms with Gasteiger partial charge in [-0.1, -0.05) is 29.3 Å². The standard InChI is InChI=1S/C15H14Cl2N4/c16-12-6-1-9(7-13(12)17)8-18-21-14(10-2-3-10)19-20-15(21)11-4-5-11/h1,6-8,10-11H,2-5H2/b18-8+. The number of aromatic nitrogens is 3. The molecule has 0 N–H and O–H groups in total. The van der Waals surface area contributed by atoms with Crippen molar-refractivity contribution in [3.05, 3.63) is 45.5 Å². The molecule has 0 atom stereocenters. The van der Waals surface area contributed by atoms with E-state index in [0.29, 0.717) is 21.9 Å². The van der Waals surface area contributed by atoms with Gasteiger partial charge in [0.2, 0.25) is 0 Å². The first-order valence-corrected chi connectivity index (χ1v) is 7.92. The van der Waals surface area contributed by atoms with Crippen LogP contribution in [0.1, 0.15) is 54.7 Å². The average molecular weight is 321 g/mol. The first-order valence-electron chi connectivity index (χ1n) is 7.17. The van der Waals surface area contributed by atoms with E-state index in [4.69, 9.17) is 23.2 Å². The van der Waals surface area contributed by atoms with E-state index in [1.807, 2.05) is 16.8 Å². The zero-order valence-electron chi connectivity index (χ0n) is 11.3. The summed E-state index contributed by atoms with van der Waals surface area (Å²) in [4.78, 5) is 0. The Morgan fingerprint density at radius 3 is 2.14 bits per heavy atom. The molecule has 0 saturated heterocycles. The van der Waals surface area contributed by atoms with Crippen LogP contribution in [-0.2, 0) is 0 Å². The van der Waals surface area contributed by atoms with Crippen LogP contribution in [0, 0.1) is 0 Å². The van der Waals surface area contributed by atoms with Crippen LogP contribution in [0.5, 0.6) is 0 Å². The second kappa shape index (κ2) is 5.11. The summed E-state index contributed by atoms with van der Waals surface area (Å²) in [7, 11) is 0. The minimum atomic E-state index is 0.524. The third kappa shape index (κ3) is 2.70. The summed E-state index contributed by atoms with van der Waals surface area (Å²) in [5.74, 6) is 3.04. The van der Waals surface area contributed by atoms with Gasteiger partial charge in [0.1, 0.15) is 0 Å². The molecule has 2 saturated carbocycles. The Hall–Kier alpha value is -1.39. The molecular formula is C15H14Cl2N4. The molecule has 6 heteroatoms. The topological polar surface area (TPSA) is 43.1 Å². The molecule has 2 fully saturated rings. The molecule has 0 radical (unpaired) electrons. The van der Waals surface area contributed by atoms with Crippen molar-refractivity contribution in [2.75, 3.05) is 0 Å². The predicted molar refractivity (Wildman–Crippen MR) is 83.4 cm³/mol. The number of nitrogens with zero attached hydrogens (tertiary/aromatic N) is 4. The summed E-state index contributed by atoms with van der Waals surface area (Å²) < 4.78 is 1.93. The molecule has 0 unspecified atom stereocenters. The monoisotopic (exact) mass is 320 g/mol. The van der Waals surface area contributed by atoms with Crippen LogP contribution in [0.4, 0.5) is 0 Å². The highest BCUT2D eigenvalue weighted by Gasteiger charge is 2.35. The Bertz CT molecular complexity index is 685. The maximum Gasteiger partial charge on any atom is 0.157 e. The third-order valence-corrected chi connectivity index (χ3v) is 4.58. The number of hydrogen-bond donors (Lipinski definition) is 0. The van der Waals surface area contributed by atoms with E-state index < -0.39 is 0 Å². The van der Waals surface area contributed by atoms with Crippen LogP contribution < -0.4 is 0 Å². The molecule has 21 heavy (non-hydrogen) atoms. The summed E-state index contributed by atoms with van der Waals surface area (Å²) in [5, 5.41) is 14.4. The van der Waals surface area contributed by atoms with Crippen molar-refractivity contribution >= 4 is 29.4 Å². The highest BCUT2D eigenvalue weighted by atomic mass is 35.5. The molecule has 0 spiro atoms. The van der Waals surface area contributed by atoms with Crippen LogP contribution in [0.2, 0.25) is 10.0 Å². The van der Waals surface area contributed by atoms with E-state index in [9.17, 15) is 0 Å². The van der Waals surface area contributed by atoms with Gasteiger partial charge in [-0.3, -0.25) is 0 Å². The van der Waals surface area contributed by atoms with Gasteiger partial charge in [-0.2, -0.15) is 5.10 Å². The lowest BCUT2D eigenvalue weighted by Gasteiger charge is -2.03. The summed E-state index contributed by atoms with van der Waals surface area (Å²) in [6.07, 6.45) is 6.54. The van der Waals surface area contributed by atoms with Crippen LogP contribution in [0.3, 0.4) is 0 Å². The van der Waals surface area contributed by atoms with Crippen molar-refractivity contribution in [3.8, 4) is 0 Å². The molecule has 108 valence electrons. The fourth-order valence-corrected chi connectivity index (χ4v) is 2.64. The quantitative estimate of drug-likeness (QED) is 0.791. The van der Waals surface area contributed by atoms with Crippen molar-refractivity contribution in [3.63, 3.8) is 0 Å². The minimum Gasteiger partial charge on any atom is -0.201 e. The number of rotatable bonds is 4. The molecule has 0 aliphatic heterocycles. The number of benzene rings is 1. The molecule has 0 amide bonds. The number of hydrogen-bond acceptors (Lipinski definition) is 3. The van der Waals surface area contributed by atoms with Crippen molar-refractivity contribution in [1.82, 2.24) is 14.9 Å². The van der Waals surface area contributed by atoms with Crippen LogP contribution in [-0.4, -0.2) is 21.1 Å². The smallest absolute Gasteiger partial charge is 0.157 e. The van der Waals surface area contributed by atoms with Crippen molar-refractivity contribution in [2.24, 2.45) is 5.10 Å². The molecule has 4 rings (SSSR count). The third-order valence-electron chi connectivity index (χ3n) is 3.84. The van der Waals surface area contributed by atoms with Crippen molar-refractivity contribution in [1.29, 1.82) is 0 Å². The van der Waals surface area contributed by atoms with E-state index in [0.717, 1.165) is 17.2 Å². The largest absolute Gasteiger partial charge is 0.201 e. The molecule has 1 heterocycles. The van der Waals surface area contributed by atoms with E-state index in [-0.39, 0.29) is 0 Å². The second-order valence-corrected chi connectivity index (χ2v) is 6.51. The maximum atomic E-state index is 6.03. The highest BCUT2D eigenvalue weighted by molar-refractivity contribution is 6.42. The highest BCUT2D eigenvalue weighted by Crippen LogP contribution is 2.43. The summed E-state index contributed by atoms with van der Waals surface area (Å²) >= 11 is 12.0. The molecule has 2 aliphatic carbocycles. The first-order chi connectivity index (χ1) is 10.2. The molecule has 1 aromatic heterocycles. The van der Waals surface area contributed by atoms with Gasteiger partial charge >= 0.3 is 0 Å². The zero-order chi connectivity index (χ0) is 14.4. The van der Waals surface area contributed by atoms with E-state index in [1.54, 1.807) is 12.3 Å². The summed E-state index contributed by atoms with van der Waals surface area (Å²) in [6, 6.07) is 5.49. The molecule has 2 aromatic rings. The van der Waals surface area contributed by atoms with Crippen LogP contribution in [0.15, 0.2) is 23.3 Å². The van der Waals surface area contributed by atoms with Gasteiger partial charge in [-0.05, 0) is 43.4 Å². The summed E-state index contributed by atoms with van der Waals surface area (Å²) in [6.45, 7) is 0. The molecule has 2 aliphatic rings. The lowest BCUT2D eigenvalue weighted by atomic mass is 10.2. The van der Waals surface area contributed by atoms with Crippen molar-refractivity contribution < 1.29 is 0 Å². The fourth-order valence-electron chi connectivity index (χ4n) is 2.33. The van der Waals surface area contributed by atoms with E-state index in [1.165, 1.54) is 25.7 Å². The maximum absolute atomic E-state index is 6.03. The molecule has 1 aromatic carbocycles. The Kier molecular flexibility index (Phi) is 3.23. The minimum absolute atomic E-state index is 0.524. The van der Waals surface area contributed by atoms with Gasteiger partial charge in [0.25, 0.3) is 0 Å². The Balaban J connectivity index is 1.67. The normalized spacial score (nSPS) is 18.6. The van der Waals surface area contributed by atoms with Gasteiger partial charge in [0, 0.05) is 11.8 Å². The van der Waals surface area contributed by atoms with E-state index >= 15 is 0 Å². The predicted octanol–water partition coefficient (Wildman–Crippen LogP) is 4.22. The molecular weight excluding hydrogens is 307 g/mol. The van der Waals surface area contributed by atoms with Gasteiger partial charge in [0.15, 0.2) is 11.6 Å². The van der Waals surface area contributed by atoms with Gasteiger partial charge in [-0.25, -0.2) is 4.68 Å². The zero-order valence-corrected chi connectivity index (χ0v) is 12.8. The Morgan fingerprint density at radius 2 is 1.62 bits per heavy atom. The first kappa shape index (κ1) is 13.3. The Labute approximate surface area is 132 Å². The lowest BCUT2D eigenvalue weighted by molar-refractivity contribution is 0.732. The van der Waals surface area contributed by atoms with Crippen molar-refractivity contribution in [2.45, 2.75) is 37.5 Å². The number of halogens is 2. The van der Waals surface area contributed by atoms with Gasteiger partial charge in [-0.15, -0.1) is 10.2 Å². The average Bonchev–Trinajstić information content (AvgIpc) is 3.39. The van der Waals surface area contributed by atoms with E-state index in [2.05, 4.69) is 15.3 Å².